The largest absolute Gasteiger partial charge is 0.507 e. The molecule has 1 fully saturated rings. The summed E-state index contributed by atoms with van der Waals surface area (Å²) in [4.78, 5) is 28.1. The van der Waals surface area contributed by atoms with Crippen LogP contribution in [0.1, 0.15) is 33.9 Å². The number of aliphatic hydroxyl groups is 1. The maximum absolute atomic E-state index is 13.3. The van der Waals surface area contributed by atoms with Crippen LogP contribution in [0, 0.1) is 20.8 Å². The van der Waals surface area contributed by atoms with Crippen molar-refractivity contribution in [1.29, 1.82) is 0 Å². The van der Waals surface area contributed by atoms with Gasteiger partial charge in [0.05, 0.1) is 18.7 Å². The molecular formula is C27H25NO4. The summed E-state index contributed by atoms with van der Waals surface area (Å²) in [5.74, 6) is -1.07. The first-order valence-corrected chi connectivity index (χ1v) is 10.4. The maximum atomic E-state index is 13.3. The van der Waals surface area contributed by atoms with Gasteiger partial charge in [-0.25, -0.2) is 0 Å². The van der Waals surface area contributed by atoms with Gasteiger partial charge < -0.3 is 9.84 Å². The van der Waals surface area contributed by atoms with Gasteiger partial charge in [-0.05, 0) is 38.5 Å². The number of hydrogen-bond donors (Lipinski definition) is 1. The molecule has 0 aromatic heterocycles. The summed E-state index contributed by atoms with van der Waals surface area (Å²) in [5.41, 5.74) is 4.72. The monoisotopic (exact) mass is 427 g/mol. The zero-order valence-corrected chi connectivity index (χ0v) is 18.5. The van der Waals surface area contributed by atoms with Crippen molar-refractivity contribution in [2.45, 2.75) is 26.8 Å². The molecule has 0 bridgehead atoms. The average Bonchev–Trinajstić information content (AvgIpc) is 3.04. The number of nitrogens with zero attached hydrogens (tertiary/aromatic N) is 1. The molecule has 0 radical (unpaired) electrons. The molecule has 0 aliphatic carbocycles. The number of aryl methyl sites for hydroxylation is 3. The normalized spacial score (nSPS) is 17.6. The van der Waals surface area contributed by atoms with Crippen LogP contribution in [0.3, 0.4) is 0 Å². The van der Waals surface area contributed by atoms with Crippen molar-refractivity contribution in [2.24, 2.45) is 0 Å². The molecule has 3 aromatic rings. The van der Waals surface area contributed by atoms with E-state index >= 15 is 0 Å². The molecule has 3 aromatic carbocycles. The quantitative estimate of drug-likeness (QED) is 0.351. The summed E-state index contributed by atoms with van der Waals surface area (Å²) in [6.45, 7) is 5.82. The zero-order valence-electron chi connectivity index (χ0n) is 18.5. The van der Waals surface area contributed by atoms with Gasteiger partial charge in [-0.1, -0.05) is 65.7 Å². The van der Waals surface area contributed by atoms with E-state index < -0.39 is 17.7 Å². The molecule has 5 nitrogen and oxygen atoms in total. The SMILES string of the molecule is COc1ccccc1C1/C(=C(\O)c2ccc(C)cc2)C(=O)C(=O)N1c1ccc(C)cc1C. The fraction of sp³-hybridized carbons (Fsp3) is 0.185. The van der Waals surface area contributed by atoms with Gasteiger partial charge in [-0.2, -0.15) is 0 Å². The molecular weight excluding hydrogens is 402 g/mol. The Morgan fingerprint density at radius 1 is 0.906 bits per heavy atom. The van der Waals surface area contributed by atoms with Crippen molar-refractivity contribution in [3.05, 3.63) is 100 Å². The van der Waals surface area contributed by atoms with E-state index in [-0.39, 0.29) is 11.3 Å². The summed E-state index contributed by atoms with van der Waals surface area (Å²) >= 11 is 0. The Hall–Kier alpha value is -3.86. The summed E-state index contributed by atoms with van der Waals surface area (Å²) < 4.78 is 5.56. The molecule has 32 heavy (non-hydrogen) atoms. The van der Waals surface area contributed by atoms with Crippen LogP contribution in [0.25, 0.3) is 5.76 Å². The van der Waals surface area contributed by atoms with Crippen LogP contribution in [-0.4, -0.2) is 23.9 Å². The van der Waals surface area contributed by atoms with E-state index in [9.17, 15) is 14.7 Å². The van der Waals surface area contributed by atoms with Crippen LogP contribution in [-0.2, 0) is 9.59 Å². The molecule has 1 aliphatic rings. The van der Waals surface area contributed by atoms with Gasteiger partial charge in [0, 0.05) is 16.8 Å². The lowest BCUT2D eigenvalue weighted by atomic mass is 9.94. The number of carbonyl (C=O) groups excluding carboxylic acids is 2. The fourth-order valence-corrected chi connectivity index (χ4v) is 4.21. The predicted octanol–water partition coefficient (Wildman–Crippen LogP) is 5.25. The average molecular weight is 428 g/mol. The summed E-state index contributed by atoms with van der Waals surface area (Å²) in [6, 6.07) is 19.3. The molecule has 1 heterocycles. The third kappa shape index (κ3) is 3.56. The van der Waals surface area contributed by atoms with Crippen molar-refractivity contribution in [2.75, 3.05) is 12.0 Å². The zero-order chi connectivity index (χ0) is 23.0. The number of aliphatic hydroxyl groups excluding tert-OH is 1. The number of hydrogen-bond acceptors (Lipinski definition) is 4. The molecule has 0 spiro atoms. The number of Topliss-reactive ketones (excluding diaryl/α,β-unsaturated/α-hetero) is 1. The Morgan fingerprint density at radius 2 is 1.56 bits per heavy atom. The van der Waals surface area contributed by atoms with Crippen molar-refractivity contribution in [3.8, 4) is 5.75 Å². The third-order valence-corrected chi connectivity index (χ3v) is 5.81. The first kappa shape index (κ1) is 21.4. The topological polar surface area (TPSA) is 66.8 Å². The van der Waals surface area contributed by atoms with E-state index in [0.717, 1.165) is 16.7 Å². The number of rotatable bonds is 4. The molecule has 4 rings (SSSR count). The van der Waals surface area contributed by atoms with E-state index in [0.29, 0.717) is 22.6 Å². The summed E-state index contributed by atoms with van der Waals surface area (Å²) in [5, 5.41) is 11.2. The molecule has 1 atom stereocenters. The smallest absolute Gasteiger partial charge is 0.300 e. The van der Waals surface area contributed by atoms with E-state index in [1.165, 1.54) is 4.90 Å². The van der Waals surface area contributed by atoms with Gasteiger partial charge in [-0.3, -0.25) is 14.5 Å². The number of anilines is 1. The Kier molecular flexibility index (Phi) is 5.57. The van der Waals surface area contributed by atoms with E-state index in [4.69, 9.17) is 4.74 Å². The van der Waals surface area contributed by atoms with Crippen LogP contribution in [0.5, 0.6) is 5.75 Å². The second-order valence-corrected chi connectivity index (χ2v) is 8.07. The van der Waals surface area contributed by atoms with Gasteiger partial charge >= 0.3 is 0 Å². The van der Waals surface area contributed by atoms with Crippen LogP contribution < -0.4 is 9.64 Å². The lowest BCUT2D eigenvalue weighted by Crippen LogP contribution is -2.30. The Balaban J connectivity index is 2.00. The van der Waals surface area contributed by atoms with Crippen LogP contribution >= 0.6 is 0 Å². The highest BCUT2D eigenvalue weighted by Crippen LogP contribution is 2.45. The number of carbonyl (C=O) groups is 2. The van der Waals surface area contributed by atoms with Gasteiger partial charge in [0.2, 0.25) is 0 Å². The number of amides is 1. The number of para-hydroxylation sites is 1. The van der Waals surface area contributed by atoms with E-state index in [1.54, 1.807) is 25.3 Å². The molecule has 0 saturated carbocycles. The first-order chi connectivity index (χ1) is 15.3. The Labute approximate surface area is 187 Å². The van der Waals surface area contributed by atoms with Crippen LogP contribution in [0.4, 0.5) is 5.69 Å². The summed E-state index contributed by atoms with van der Waals surface area (Å²) in [6.07, 6.45) is 0. The number of ether oxygens (including phenoxy) is 1. The highest BCUT2D eigenvalue weighted by molar-refractivity contribution is 6.51. The minimum Gasteiger partial charge on any atom is -0.507 e. The standard InChI is InChI=1S/C27H25NO4/c1-16-9-12-19(13-10-16)25(29)23-24(20-7-5-6-8-22(20)32-4)28(27(31)26(23)30)21-14-11-17(2)15-18(21)3/h5-15,24,29H,1-4H3/b25-23+. The van der Waals surface area contributed by atoms with Crippen molar-refractivity contribution in [3.63, 3.8) is 0 Å². The highest BCUT2D eigenvalue weighted by Gasteiger charge is 2.48. The van der Waals surface area contributed by atoms with Gasteiger partial charge in [0.15, 0.2) is 0 Å². The summed E-state index contributed by atoms with van der Waals surface area (Å²) in [7, 11) is 1.54. The second-order valence-electron chi connectivity index (χ2n) is 8.07. The van der Waals surface area contributed by atoms with Gasteiger partial charge in [-0.15, -0.1) is 0 Å². The van der Waals surface area contributed by atoms with Crippen LogP contribution in [0.15, 0.2) is 72.3 Å². The minimum atomic E-state index is -0.825. The molecule has 1 unspecified atom stereocenters. The maximum Gasteiger partial charge on any atom is 0.300 e. The van der Waals surface area contributed by atoms with Crippen molar-refractivity contribution >= 4 is 23.1 Å². The second kappa shape index (κ2) is 8.35. The minimum absolute atomic E-state index is 0.0447. The number of methoxy groups -OCH3 is 1. The molecule has 5 heteroatoms. The van der Waals surface area contributed by atoms with Crippen molar-refractivity contribution < 1.29 is 19.4 Å². The Bertz CT molecular complexity index is 1240. The van der Waals surface area contributed by atoms with Crippen molar-refractivity contribution in [1.82, 2.24) is 0 Å². The molecule has 1 amide bonds. The van der Waals surface area contributed by atoms with E-state index in [1.807, 2.05) is 69.3 Å². The Morgan fingerprint density at radius 3 is 2.22 bits per heavy atom. The molecule has 162 valence electrons. The number of benzene rings is 3. The number of ketones is 1. The highest BCUT2D eigenvalue weighted by atomic mass is 16.5. The lowest BCUT2D eigenvalue weighted by molar-refractivity contribution is -0.132. The molecule has 1 aliphatic heterocycles. The molecule has 1 saturated heterocycles. The van der Waals surface area contributed by atoms with E-state index in [2.05, 4.69) is 0 Å². The third-order valence-electron chi connectivity index (χ3n) is 5.81. The first-order valence-electron chi connectivity index (χ1n) is 10.4. The van der Waals surface area contributed by atoms with Gasteiger partial charge in [0.1, 0.15) is 11.5 Å². The van der Waals surface area contributed by atoms with Crippen LogP contribution in [0.2, 0.25) is 0 Å². The lowest BCUT2D eigenvalue weighted by Gasteiger charge is -2.28. The fourth-order valence-electron chi connectivity index (χ4n) is 4.21. The van der Waals surface area contributed by atoms with Gasteiger partial charge in [0.25, 0.3) is 11.7 Å². The molecule has 1 N–H and O–H groups in total. The predicted molar refractivity (Wildman–Crippen MR) is 125 cm³/mol.